The van der Waals surface area contributed by atoms with Crippen LogP contribution in [-0.2, 0) is 6.42 Å². The number of aryl methyl sites for hydroxylation is 1. The van der Waals surface area contributed by atoms with Crippen molar-refractivity contribution in [3.8, 4) is 5.75 Å². The summed E-state index contributed by atoms with van der Waals surface area (Å²) in [5.41, 5.74) is 3.58. The minimum absolute atomic E-state index is 0.0386. The highest BCUT2D eigenvalue weighted by Gasteiger charge is 2.20. The molecule has 2 aromatic carbocycles. The van der Waals surface area contributed by atoms with E-state index >= 15 is 0 Å². The Bertz CT molecular complexity index is 594. The molecular formula is C17H18ClNO. The van der Waals surface area contributed by atoms with Crippen molar-refractivity contribution in [3.05, 3.63) is 58.6 Å². The predicted molar refractivity (Wildman–Crippen MR) is 83.7 cm³/mol. The normalized spacial score (nSPS) is 17.0. The van der Waals surface area contributed by atoms with Crippen molar-refractivity contribution in [1.29, 1.82) is 0 Å². The zero-order valence-electron chi connectivity index (χ0n) is 11.5. The van der Waals surface area contributed by atoms with Gasteiger partial charge in [0.15, 0.2) is 0 Å². The molecule has 1 unspecified atom stereocenters. The lowest BCUT2D eigenvalue weighted by atomic mass is 10.0. The third-order valence-electron chi connectivity index (χ3n) is 3.58. The monoisotopic (exact) mass is 287 g/mol. The Balaban J connectivity index is 1.79. The number of ether oxygens (including phenoxy) is 1. The van der Waals surface area contributed by atoms with Crippen LogP contribution in [0.5, 0.6) is 5.75 Å². The smallest absolute Gasteiger partial charge is 0.144 e. The van der Waals surface area contributed by atoms with E-state index in [0.717, 1.165) is 24.4 Å². The van der Waals surface area contributed by atoms with Crippen LogP contribution < -0.4 is 10.1 Å². The zero-order valence-corrected chi connectivity index (χ0v) is 12.3. The number of hydrogen-bond donors (Lipinski definition) is 1. The summed E-state index contributed by atoms with van der Waals surface area (Å²) < 4.78 is 6.05. The van der Waals surface area contributed by atoms with Gasteiger partial charge in [-0.3, -0.25) is 0 Å². The van der Waals surface area contributed by atoms with Crippen molar-refractivity contribution >= 4 is 17.3 Å². The summed E-state index contributed by atoms with van der Waals surface area (Å²) in [5.74, 6) is 0.825. The molecule has 3 heteroatoms. The Morgan fingerprint density at radius 1 is 1.20 bits per heavy atom. The number of halogens is 1. The predicted octanol–water partition coefficient (Wildman–Crippen LogP) is 4.84. The first-order valence-corrected chi connectivity index (χ1v) is 7.43. The molecule has 0 radical (unpaired) electrons. The van der Waals surface area contributed by atoms with Crippen molar-refractivity contribution in [2.75, 3.05) is 11.9 Å². The molecule has 1 atom stereocenters. The summed E-state index contributed by atoms with van der Waals surface area (Å²) in [4.78, 5) is 0. The quantitative estimate of drug-likeness (QED) is 0.872. The highest BCUT2D eigenvalue weighted by Crippen LogP contribution is 2.36. The topological polar surface area (TPSA) is 21.3 Å². The van der Waals surface area contributed by atoms with E-state index in [-0.39, 0.29) is 6.10 Å². The van der Waals surface area contributed by atoms with Gasteiger partial charge in [-0.1, -0.05) is 49.2 Å². The zero-order chi connectivity index (χ0) is 13.9. The van der Waals surface area contributed by atoms with Crippen LogP contribution in [0.3, 0.4) is 0 Å². The number of hydrogen-bond acceptors (Lipinski definition) is 2. The summed E-state index contributed by atoms with van der Waals surface area (Å²) in [6.07, 6.45) is 2.34. The third-order valence-corrected chi connectivity index (χ3v) is 3.82. The van der Waals surface area contributed by atoms with Crippen LogP contribution in [0.15, 0.2) is 42.5 Å². The fourth-order valence-electron chi connectivity index (χ4n) is 2.51. The van der Waals surface area contributed by atoms with E-state index < -0.39 is 0 Å². The molecule has 104 valence electrons. The summed E-state index contributed by atoms with van der Waals surface area (Å²) in [7, 11) is 0. The highest BCUT2D eigenvalue weighted by atomic mass is 35.5. The van der Waals surface area contributed by atoms with Gasteiger partial charge in [0, 0.05) is 11.1 Å². The van der Waals surface area contributed by atoms with Crippen molar-refractivity contribution in [2.45, 2.75) is 25.9 Å². The first-order chi connectivity index (χ1) is 9.76. The number of benzene rings is 2. The Labute approximate surface area is 124 Å². The highest BCUT2D eigenvalue weighted by molar-refractivity contribution is 6.30. The summed E-state index contributed by atoms with van der Waals surface area (Å²) in [5, 5.41) is 4.09. The average Bonchev–Trinajstić information content (AvgIpc) is 2.47. The molecule has 0 spiro atoms. The lowest BCUT2D eigenvalue weighted by Crippen LogP contribution is -2.23. The van der Waals surface area contributed by atoms with Gasteiger partial charge in [0.05, 0.1) is 12.2 Å². The minimum Gasteiger partial charge on any atom is -0.482 e. The molecule has 0 fully saturated rings. The van der Waals surface area contributed by atoms with Gasteiger partial charge >= 0.3 is 0 Å². The maximum atomic E-state index is 6.05. The van der Waals surface area contributed by atoms with Gasteiger partial charge in [-0.25, -0.2) is 0 Å². The standard InChI is InChI=1S/C17H18ClNO/c1-2-3-12-4-6-13(7-5-12)17-11-19-15-9-8-14(18)10-16(15)20-17/h4-10,17,19H,2-3,11H2,1H3. The fourth-order valence-corrected chi connectivity index (χ4v) is 2.67. The molecule has 0 aliphatic carbocycles. The summed E-state index contributed by atoms with van der Waals surface area (Å²) in [6, 6.07) is 14.4. The molecule has 0 bridgehead atoms. The van der Waals surface area contributed by atoms with E-state index in [1.54, 1.807) is 0 Å². The van der Waals surface area contributed by atoms with Crippen LogP contribution in [0.4, 0.5) is 5.69 Å². The average molecular weight is 288 g/mol. The van der Waals surface area contributed by atoms with Gasteiger partial charge in [-0.15, -0.1) is 0 Å². The number of fused-ring (bicyclic) bond motifs is 1. The van der Waals surface area contributed by atoms with E-state index in [0.29, 0.717) is 5.02 Å². The third kappa shape index (κ3) is 2.75. The van der Waals surface area contributed by atoms with Crippen LogP contribution in [0.25, 0.3) is 0 Å². The number of anilines is 1. The van der Waals surface area contributed by atoms with E-state index in [1.807, 2.05) is 18.2 Å². The SMILES string of the molecule is CCCc1ccc(C2CNc3ccc(Cl)cc3O2)cc1. The van der Waals surface area contributed by atoms with Gasteiger partial charge < -0.3 is 10.1 Å². The van der Waals surface area contributed by atoms with Crippen LogP contribution in [0.2, 0.25) is 5.02 Å². The Morgan fingerprint density at radius 2 is 2.00 bits per heavy atom. The minimum atomic E-state index is 0.0386. The molecule has 3 rings (SSSR count). The molecule has 0 aromatic heterocycles. The van der Waals surface area contributed by atoms with Gasteiger partial charge in [0.2, 0.25) is 0 Å². The number of nitrogens with one attached hydrogen (secondary N) is 1. The van der Waals surface area contributed by atoms with Crippen molar-refractivity contribution in [2.24, 2.45) is 0 Å². The first-order valence-electron chi connectivity index (χ1n) is 7.05. The second kappa shape index (κ2) is 5.76. The van der Waals surface area contributed by atoms with Crippen molar-refractivity contribution in [1.82, 2.24) is 0 Å². The summed E-state index contributed by atoms with van der Waals surface area (Å²) >= 11 is 6.02. The molecule has 2 aromatic rings. The van der Waals surface area contributed by atoms with Gasteiger partial charge in [0.1, 0.15) is 11.9 Å². The maximum Gasteiger partial charge on any atom is 0.144 e. The largest absolute Gasteiger partial charge is 0.482 e. The van der Waals surface area contributed by atoms with E-state index in [2.05, 4.69) is 36.5 Å². The lowest BCUT2D eigenvalue weighted by molar-refractivity contribution is 0.210. The van der Waals surface area contributed by atoms with Crippen LogP contribution in [0.1, 0.15) is 30.6 Å². The lowest BCUT2D eigenvalue weighted by Gasteiger charge is -2.28. The van der Waals surface area contributed by atoms with Crippen molar-refractivity contribution < 1.29 is 4.74 Å². The van der Waals surface area contributed by atoms with E-state index in [4.69, 9.17) is 16.3 Å². The van der Waals surface area contributed by atoms with Gasteiger partial charge in [-0.2, -0.15) is 0 Å². The second-order valence-electron chi connectivity index (χ2n) is 5.12. The summed E-state index contributed by atoms with van der Waals surface area (Å²) in [6.45, 7) is 2.98. The Hall–Kier alpha value is -1.67. The molecule has 0 saturated heterocycles. The molecular weight excluding hydrogens is 270 g/mol. The molecule has 1 aliphatic rings. The maximum absolute atomic E-state index is 6.05. The molecule has 2 nitrogen and oxygen atoms in total. The Kier molecular flexibility index (Phi) is 3.83. The van der Waals surface area contributed by atoms with Gasteiger partial charge in [-0.05, 0) is 29.7 Å². The van der Waals surface area contributed by atoms with Crippen LogP contribution in [-0.4, -0.2) is 6.54 Å². The molecule has 0 saturated carbocycles. The van der Waals surface area contributed by atoms with Crippen LogP contribution >= 0.6 is 11.6 Å². The van der Waals surface area contributed by atoms with E-state index in [9.17, 15) is 0 Å². The van der Waals surface area contributed by atoms with Crippen molar-refractivity contribution in [3.63, 3.8) is 0 Å². The first kappa shape index (κ1) is 13.3. The molecule has 20 heavy (non-hydrogen) atoms. The second-order valence-corrected chi connectivity index (χ2v) is 5.56. The molecule has 0 amide bonds. The Morgan fingerprint density at radius 3 is 2.75 bits per heavy atom. The molecule has 1 aliphatic heterocycles. The van der Waals surface area contributed by atoms with Crippen LogP contribution in [0, 0.1) is 0 Å². The fraction of sp³-hybridized carbons (Fsp3) is 0.294. The van der Waals surface area contributed by atoms with Gasteiger partial charge in [0.25, 0.3) is 0 Å². The molecule has 1 N–H and O–H groups in total. The van der Waals surface area contributed by atoms with E-state index in [1.165, 1.54) is 17.5 Å². The number of rotatable bonds is 3. The molecule has 1 heterocycles.